The Morgan fingerprint density at radius 1 is 1.24 bits per heavy atom. The molecule has 21 heavy (non-hydrogen) atoms. The van der Waals surface area contributed by atoms with E-state index in [0.717, 1.165) is 0 Å². The maximum atomic E-state index is 12.0. The molecular weight excluding hydrogens is 276 g/mol. The van der Waals surface area contributed by atoms with Gasteiger partial charge in [-0.15, -0.1) is 0 Å². The first kappa shape index (κ1) is 17.3. The summed E-state index contributed by atoms with van der Waals surface area (Å²) in [5.41, 5.74) is -0.582. The molecule has 1 rings (SSSR count). The molecular formula is C14H24N2O5. The van der Waals surface area contributed by atoms with Gasteiger partial charge in [-0.3, -0.25) is 14.5 Å². The Hall–Kier alpha value is -1.79. The van der Waals surface area contributed by atoms with Gasteiger partial charge >= 0.3 is 12.1 Å². The summed E-state index contributed by atoms with van der Waals surface area (Å²) in [4.78, 5) is 38.1. The van der Waals surface area contributed by atoms with Gasteiger partial charge in [0.15, 0.2) is 0 Å². The highest BCUT2D eigenvalue weighted by atomic mass is 16.6. The van der Waals surface area contributed by atoms with E-state index in [0.29, 0.717) is 26.2 Å². The van der Waals surface area contributed by atoms with Crippen LogP contribution < -0.4 is 0 Å². The van der Waals surface area contributed by atoms with Gasteiger partial charge in [-0.2, -0.15) is 0 Å². The van der Waals surface area contributed by atoms with Crippen LogP contribution >= 0.6 is 0 Å². The molecule has 1 fully saturated rings. The zero-order chi connectivity index (χ0) is 16.0. The van der Waals surface area contributed by atoms with Gasteiger partial charge in [-0.05, 0) is 27.7 Å². The Labute approximate surface area is 125 Å². The van der Waals surface area contributed by atoms with Crippen LogP contribution in [0, 0.1) is 0 Å². The number of piperazine rings is 1. The van der Waals surface area contributed by atoms with Crippen LogP contribution in [0.1, 0.15) is 34.1 Å². The van der Waals surface area contributed by atoms with Crippen molar-refractivity contribution >= 4 is 18.0 Å². The fourth-order valence-corrected chi connectivity index (χ4v) is 1.89. The molecule has 1 aliphatic rings. The molecule has 0 unspecified atom stereocenters. The first-order valence-electron chi connectivity index (χ1n) is 7.14. The first-order valence-corrected chi connectivity index (χ1v) is 7.14. The van der Waals surface area contributed by atoms with Crippen LogP contribution in [0.3, 0.4) is 0 Å². The molecule has 7 nitrogen and oxygen atoms in total. The molecule has 2 amide bonds. The predicted octanol–water partition coefficient (Wildman–Crippen LogP) is 1.02. The Balaban J connectivity index is 2.42. The van der Waals surface area contributed by atoms with E-state index in [1.165, 1.54) is 4.90 Å². The molecule has 0 aliphatic carbocycles. The Bertz CT molecular complexity index is 403. The summed E-state index contributed by atoms with van der Waals surface area (Å²) in [6.45, 7) is 8.52. The monoisotopic (exact) mass is 300 g/mol. The van der Waals surface area contributed by atoms with Crippen molar-refractivity contribution in [1.29, 1.82) is 0 Å². The SMILES string of the molecule is CCOC(=O)CCN1CCN(C(=O)OC(C)(C)C)CC1=O. The molecule has 0 aromatic carbocycles. The number of rotatable bonds is 4. The highest BCUT2D eigenvalue weighted by Gasteiger charge is 2.30. The topological polar surface area (TPSA) is 76.2 Å². The fraction of sp³-hybridized carbons (Fsp3) is 0.786. The molecule has 1 heterocycles. The first-order chi connectivity index (χ1) is 9.73. The molecule has 0 aromatic heterocycles. The summed E-state index contributed by atoms with van der Waals surface area (Å²) < 4.78 is 10.1. The second-order valence-corrected chi connectivity index (χ2v) is 5.84. The maximum Gasteiger partial charge on any atom is 0.410 e. The minimum Gasteiger partial charge on any atom is -0.466 e. The van der Waals surface area contributed by atoms with Crippen molar-refractivity contribution in [3.8, 4) is 0 Å². The normalized spacial score (nSPS) is 15.9. The number of hydrogen-bond acceptors (Lipinski definition) is 5. The van der Waals surface area contributed by atoms with Gasteiger partial charge in [0.2, 0.25) is 5.91 Å². The highest BCUT2D eigenvalue weighted by molar-refractivity contribution is 5.84. The molecule has 0 atom stereocenters. The summed E-state index contributed by atoms with van der Waals surface area (Å²) in [7, 11) is 0. The van der Waals surface area contributed by atoms with E-state index in [9.17, 15) is 14.4 Å². The van der Waals surface area contributed by atoms with Crippen molar-refractivity contribution < 1.29 is 23.9 Å². The lowest BCUT2D eigenvalue weighted by Crippen LogP contribution is -2.53. The van der Waals surface area contributed by atoms with Crippen molar-refractivity contribution in [1.82, 2.24) is 9.80 Å². The Kier molecular flexibility index (Phi) is 5.99. The largest absolute Gasteiger partial charge is 0.466 e. The number of carbonyl (C=O) groups is 3. The van der Waals surface area contributed by atoms with Crippen molar-refractivity contribution in [3.63, 3.8) is 0 Å². The summed E-state index contributed by atoms with van der Waals surface area (Å²) in [5.74, 6) is -0.503. The van der Waals surface area contributed by atoms with E-state index in [1.807, 2.05) is 0 Å². The van der Waals surface area contributed by atoms with Gasteiger partial charge in [-0.1, -0.05) is 0 Å². The molecule has 0 spiro atoms. The average molecular weight is 300 g/mol. The maximum absolute atomic E-state index is 12.0. The molecule has 120 valence electrons. The van der Waals surface area contributed by atoms with E-state index < -0.39 is 11.7 Å². The van der Waals surface area contributed by atoms with Crippen molar-refractivity contribution in [2.45, 2.75) is 39.7 Å². The lowest BCUT2D eigenvalue weighted by molar-refractivity contribution is -0.144. The fourth-order valence-electron chi connectivity index (χ4n) is 1.89. The van der Waals surface area contributed by atoms with Crippen LogP contribution in [0.5, 0.6) is 0 Å². The summed E-state index contributed by atoms with van der Waals surface area (Å²) in [6.07, 6.45) is -0.313. The van der Waals surface area contributed by atoms with Crippen LogP contribution in [-0.4, -0.2) is 66.2 Å². The second kappa shape index (κ2) is 7.28. The van der Waals surface area contributed by atoms with Crippen LogP contribution in [0.15, 0.2) is 0 Å². The Morgan fingerprint density at radius 2 is 1.90 bits per heavy atom. The number of esters is 1. The standard InChI is InChI=1S/C14H24N2O5/c1-5-20-12(18)6-7-15-8-9-16(10-11(15)17)13(19)21-14(2,3)4/h5-10H2,1-4H3. The molecule has 1 aliphatic heterocycles. The third kappa shape index (κ3) is 6.01. The van der Waals surface area contributed by atoms with Crippen LogP contribution in [0.25, 0.3) is 0 Å². The van der Waals surface area contributed by atoms with E-state index in [1.54, 1.807) is 32.6 Å². The van der Waals surface area contributed by atoms with Crippen molar-refractivity contribution in [2.75, 3.05) is 32.8 Å². The zero-order valence-electron chi connectivity index (χ0n) is 13.2. The van der Waals surface area contributed by atoms with E-state index in [2.05, 4.69) is 0 Å². The summed E-state index contributed by atoms with van der Waals surface area (Å²) in [6, 6.07) is 0. The average Bonchev–Trinajstić information content (AvgIpc) is 2.35. The van der Waals surface area contributed by atoms with Gasteiger partial charge in [0, 0.05) is 19.6 Å². The quantitative estimate of drug-likeness (QED) is 0.725. The number of nitrogens with zero attached hydrogens (tertiary/aromatic N) is 2. The van der Waals surface area contributed by atoms with Crippen molar-refractivity contribution in [3.05, 3.63) is 0 Å². The van der Waals surface area contributed by atoms with Crippen molar-refractivity contribution in [2.24, 2.45) is 0 Å². The molecule has 1 saturated heterocycles. The Morgan fingerprint density at radius 3 is 2.43 bits per heavy atom. The number of amides is 2. The number of hydrogen-bond donors (Lipinski definition) is 0. The lowest BCUT2D eigenvalue weighted by atomic mass is 10.2. The second-order valence-electron chi connectivity index (χ2n) is 5.84. The van der Waals surface area contributed by atoms with Gasteiger partial charge in [0.05, 0.1) is 13.0 Å². The summed E-state index contributed by atoms with van der Waals surface area (Å²) >= 11 is 0. The van der Waals surface area contributed by atoms with Crippen LogP contribution in [0.2, 0.25) is 0 Å². The predicted molar refractivity (Wildman–Crippen MR) is 75.6 cm³/mol. The van der Waals surface area contributed by atoms with Crippen LogP contribution in [-0.2, 0) is 19.1 Å². The highest BCUT2D eigenvalue weighted by Crippen LogP contribution is 2.12. The summed E-state index contributed by atoms with van der Waals surface area (Å²) in [5, 5.41) is 0. The van der Waals surface area contributed by atoms with Crippen LogP contribution in [0.4, 0.5) is 4.79 Å². The van der Waals surface area contributed by atoms with E-state index in [-0.39, 0.29) is 24.8 Å². The van der Waals surface area contributed by atoms with Gasteiger partial charge in [0.25, 0.3) is 0 Å². The third-order valence-electron chi connectivity index (χ3n) is 2.86. The lowest BCUT2D eigenvalue weighted by Gasteiger charge is -2.35. The molecule has 0 saturated carbocycles. The van der Waals surface area contributed by atoms with E-state index in [4.69, 9.17) is 9.47 Å². The third-order valence-corrected chi connectivity index (χ3v) is 2.86. The molecule has 7 heteroatoms. The molecule has 0 N–H and O–H groups in total. The van der Waals surface area contributed by atoms with Gasteiger partial charge < -0.3 is 14.4 Å². The van der Waals surface area contributed by atoms with Gasteiger partial charge in [0.1, 0.15) is 12.1 Å². The number of carbonyl (C=O) groups excluding carboxylic acids is 3. The minimum absolute atomic E-state index is 0.0161. The smallest absolute Gasteiger partial charge is 0.410 e. The zero-order valence-corrected chi connectivity index (χ0v) is 13.2. The number of ether oxygens (including phenoxy) is 2. The molecule has 0 aromatic rings. The minimum atomic E-state index is -0.582. The molecule has 0 radical (unpaired) electrons. The van der Waals surface area contributed by atoms with E-state index >= 15 is 0 Å². The molecule has 0 bridgehead atoms. The van der Waals surface area contributed by atoms with Gasteiger partial charge in [-0.25, -0.2) is 4.79 Å².